The number of ether oxygens (including phenoxy) is 1. The zero-order chi connectivity index (χ0) is 18.8. The number of hydrogen-bond acceptors (Lipinski definition) is 4. The van der Waals surface area contributed by atoms with Crippen LogP contribution in [0, 0.1) is 6.92 Å². The Hall–Kier alpha value is -2.34. The van der Waals surface area contributed by atoms with E-state index in [0.717, 1.165) is 11.1 Å². The third-order valence-corrected chi connectivity index (χ3v) is 5.48. The van der Waals surface area contributed by atoms with Crippen molar-refractivity contribution in [3.05, 3.63) is 59.2 Å². The van der Waals surface area contributed by atoms with Gasteiger partial charge in [0.2, 0.25) is 0 Å². The maximum absolute atomic E-state index is 12.7. The van der Waals surface area contributed by atoms with Gasteiger partial charge in [-0.05, 0) is 49.2 Å². The van der Waals surface area contributed by atoms with E-state index in [0.29, 0.717) is 11.3 Å². The van der Waals surface area contributed by atoms with Crippen molar-refractivity contribution in [2.24, 2.45) is 0 Å². The van der Waals surface area contributed by atoms with Gasteiger partial charge < -0.3 is 9.64 Å². The first-order valence-electron chi connectivity index (χ1n) is 7.87. The molecule has 0 saturated carbocycles. The van der Waals surface area contributed by atoms with Gasteiger partial charge in [0.1, 0.15) is 5.75 Å². The smallest absolute Gasteiger partial charge is 0.254 e. The molecule has 0 N–H and O–H groups in total. The fourth-order valence-electron chi connectivity index (χ4n) is 2.55. The third-order valence-electron chi connectivity index (χ3n) is 4.35. The van der Waals surface area contributed by atoms with Gasteiger partial charge >= 0.3 is 0 Å². The molecule has 2 aromatic carbocycles. The molecule has 1 unspecified atom stereocenters. The van der Waals surface area contributed by atoms with Crippen molar-refractivity contribution in [1.29, 1.82) is 0 Å². The highest BCUT2D eigenvalue weighted by Gasteiger charge is 2.20. The van der Waals surface area contributed by atoms with Crippen LogP contribution in [0.4, 0.5) is 0 Å². The number of carbonyl (C=O) groups excluding carboxylic acids is 1. The number of aryl methyl sites for hydroxylation is 1. The summed E-state index contributed by atoms with van der Waals surface area (Å²) in [5.74, 6) is 0.544. The van der Waals surface area contributed by atoms with Crippen molar-refractivity contribution in [2.75, 3.05) is 20.4 Å². The summed E-state index contributed by atoms with van der Waals surface area (Å²) in [5.41, 5.74) is 2.37. The average Bonchev–Trinajstić information content (AvgIpc) is 2.59. The van der Waals surface area contributed by atoms with Gasteiger partial charge in [0.15, 0.2) is 9.84 Å². The molecule has 0 spiro atoms. The lowest BCUT2D eigenvalue weighted by Gasteiger charge is -2.26. The summed E-state index contributed by atoms with van der Waals surface area (Å²) < 4.78 is 28.4. The van der Waals surface area contributed by atoms with Crippen LogP contribution in [0.3, 0.4) is 0 Å². The minimum absolute atomic E-state index is 0.127. The topological polar surface area (TPSA) is 63.7 Å². The molecule has 25 heavy (non-hydrogen) atoms. The van der Waals surface area contributed by atoms with E-state index in [1.807, 2.05) is 19.9 Å². The predicted molar refractivity (Wildman–Crippen MR) is 97.8 cm³/mol. The van der Waals surface area contributed by atoms with E-state index >= 15 is 0 Å². The van der Waals surface area contributed by atoms with Crippen molar-refractivity contribution >= 4 is 15.7 Å². The number of hydrogen-bond donors (Lipinski definition) is 0. The van der Waals surface area contributed by atoms with E-state index in [1.165, 1.54) is 6.26 Å². The monoisotopic (exact) mass is 361 g/mol. The molecule has 6 heteroatoms. The van der Waals surface area contributed by atoms with Crippen LogP contribution in [0.15, 0.2) is 47.4 Å². The molecule has 0 heterocycles. The van der Waals surface area contributed by atoms with Crippen LogP contribution in [0.2, 0.25) is 0 Å². The summed E-state index contributed by atoms with van der Waals surface area (Å²) in [5, 5.41) is 0. The predicted octanol–water partition coefficient (Wildman–Crippen LogP) is 3.24. The lowest BCUT2D eigenvalue weighted by molar-refractivity contribution is 0.0742. The fourth-order valence-corrected chi connectivity index (χ4v) is 3.18. The van der Waals surface area contributed by atoms with Crippen molar-refractivity contribution in [2.45, 2.75) is 24.8 Å². The minimum atomic E-state index is -3.23. The number of amides is 1. The summed E-state index contributed by atoms with van der Waals surface area (Å²) in [6.45, 7) is 3.82. The molecular weight excluding hydrogens is 338 g/mol. The zero-order valence-electron chi connectivity index (χ0n) is 15.1. The van der Waals surface area contributed by atoms with Gasteiger partial charge in [0, 0.05) is 18.9 Å². The summed E-state index contributed by atoms with van der Waals surface area (Å²) in [4.78, 5) is 14.6. The number of carbonyl (C=O) groups is 1. The summed E-state index contributed by atoms with van der Waals surface area (Å²) >= 11 is 0. The van der Waals surface area contributed by atoms with E-state index in [9.17, 15) is 13.2 Å². The quantitative estimate of drug-likeness (QED) is 0.820. The maximum Gasteiger partial charge on any atom is 0.254 e. The van der Waals surface area contributed by atoms with Crippen LogP contribution in [-0.4, -0.2) is 39.6 Å². The van der Waals surface area contributed by atoms with Gasteiger partial charge in [-0.2, -0.15) is 0 Å². The van der Waals surface area contributed by atoms with Crippen LogP contribution in [0.5, 0.6) is 5.75 Å². The van der Waals surface area contributed by atoms with Crippen molar-refractivity contribution < 1.29 is 17.9 Å². The van der Waals surface area contributed by atoms with Crippen molar-refractivity contribution in [3.8, 4) is 5.75 Å². The molecule has 2 aromatic rings. The van der Waals surface area contributed by atoms with E-state index in [2.05, 4.69) is 0 Å². The van der Waals surface area contributed by atoms with Crippen LogP contribution in [-0.2, 0) is 9.84 Å². The fraction of sp³-hybridized carbons (Fsp3) is 0.316. The highest BCUT2D eigenvalue weighted by atomic mass is 32.2. The van der Waals surface area contributed by atoms with E-state index < -0.39 is 9.84 Å². The normalized spacial score (nSPS) is 12.5. The summed E-state index contributed by atoms with van der Waals surface area (Å²) in [6.07, 6.45) is 1.17. The Bertz CT molecular complexity index is 873. The molecule has 1 amide bonds. The molecule has 0 bridgehead atoms. The summed E-state index contributed by atoms with van der Waals surface area (Å²) in [7, 11) is 0.0706. The second-order valence-corrected chi connectivity index (χ2v) is 8.13. The molecule has 0 aliphatic rings. The molecular formula is C19H23NO4S. The lowest BCUT2D eigenvalue weighted by Crippen LogP contribution is -2.29. The molecule has 134 valence electrons. The number of methoxy groups -OCH3 is 1. The van der Waals surface area contributed by atoms with Crippen LogP contribution >= 0.6 is 0 Å². The first-order chi connectivity index (χ1) is 11.6. The Kier molecular flexibility index (Phi) is 5.52. The molecule has 0 aliphatic heterocycles. The second kappa shape index (κ2) is 7.27. The van der Waals surface area contributed by atoms with Gasteiger partial charge in [-0.1, -0.05) is 18.2 Å². The maximum atomic E-state index is 12.7. The molecule has 0 aliphatic carbocycles. The highest BCUT2D eigenvalue weighted by Crippen LogP contribution is 2.25. The van der Waals surface area contributed by atoms with Crippen LogP contribution < -0.4 is 4.74 Å². The molecule has 0 aromatic heterocycles. The number of sulfone groups is 1. The highest BCUT2D eigenvalue weighted by molar-refractivity contribution is 7.90. The Labute approximate surface area is 149 Å². The minimum Gasteiger partial charge on any atom is -0.496 e. The van der Waals surface area contributed by atoms with Crippen molar-refractivity contribution in [1.82, 2.24) is 4.90 Å². The van der Waals surface area contributed by atoms with E-state index in [1.54, 1.807) is 55.5 Å². The van der Waals surface area contributed by atoms with Crippen molar-refractivity contribution in [3.63, 3.8) is 0 Å². The molecule has 2 rings (SSSR count). The molecule has 1 atom stereocenters. The van der Waals surface area contributed by atoms with Gasteiger partial charge in [-0.25, -0.2) is 8.42 Å². The Balaban J connectivity index is 2.24. The van der Waals surface area contributed by atoms with E-state index in [4.69, 9.17) is 4.74 Å². The largest absolute Gasteiger partial charge is 0.496 e. The Morgan fingerprint density at radius 2 is 1.72 bits per heavy atom. The number of nitrogens with zero attached hydrogens (tertiary/aromatic N) is 1. The SMILES string of the molecule is COc1cc(C(=O)N(C)C(C)c2ccc(S(C)(=O)=O)cc2)ccc1C. The zero-order valence-corrected chi connectivity index (χ0v) is 15.9. The van der Waals surface area contributed by atoms with Crippen LogP contribution in [0.25, 0.3) is 0 Å². The standard InChI is InChI=1S/C19H23NO4S/c1-13-6-7-16(12-18(13)24-4)19(21)20(3)14(2)15-8-10-17(11-9-15)25(5,22)23/h6-12,14H,1-5H3. The molecule has 5 nitrogen and oxygen atoms in total. The summed E-state index contributed by atoms with van der Waals surface area (Å²) in [6, 6.07) is 11.8. The molecule has 0 radical (unpaired) electrons. The first kappa shape index (κ1) is 19.0. The van der Waals surface area contributed by atoms with Crippen LogP contribution in [0.1, 0.15) is 34.5 Å². The Morgan fingerprint density at radius 3 is 2.24 bits per heavy atom. The third kappa shape index (κ3) is 4.20. The van der Waals surface area contributed by atoms with Gasteiger partial charge in [-0.15, -0.1) is 0 Å². The number of benzene rings is 2. The van der Waals surface area contributed by atoms with Gasteiger partial charge in [0.05, 0.1) is 18.0 Å². The van der Waals surface area contributed by atoms with Gasteiger partial charge in [0.25, 0.3) is 5.91 Å². The van der Waals surface area contributed by atoms with E-state index in [-0.39, 0.29) is 16.8 Å². The lowest BCUT2D eigenvalue weighted by atomic mass is 10.1. The number of rotatable bonds is 5. The molecule has 0 fully saturated rings. The second-order valence-electron chi connectivity index (χ2n) is 6.12. The molecule has 0 saturated heterocycles. The van der Waals surface area contributed by atoms with Gasteiger partial charge in [-0.3, -0.25) is 4.79 Å². The first-order valence-corrected chi connectivity index (χ1v) is 9.76. The Morgan fingerprint density at radius 1 is 1.12 bits per heavy atom. The average molecular weight is 361 g/mol.